The van der Waals surface area contributed by atoms with Crippen LogP contribution in [0.2, 0.25) is 0 Å². The summed E-state index contributed by atoms with van der Waals surface area (Å²) in [6.07, 6.45) is 0. The smallest absolute Gasteiger partial charge is 0.267 e. The van der Waals surface area contributed by atoms with Gasteiger partial charge in [0, 0.05) is 11.6 Å². The summed E-state index contributed by atoms with van der Waals surface area (Å²) in [5, 5.41) is 10.3. The number of hydrogen-bond donors (Lipinski definition) is 0. The van der Waals surface area contributed by atoms with Crippen LogP contribution in [0, 0.1) is 0 Å². The summed E-state index contributed by atoms with van der Waals surface area (Å²) >= 11 is 1.53. The van der Waals surface area contributed by atoms with E-state index < -0.39 is 0 Å². The molecule has 3 aromatic heterocycles. The maximum absolute atomic E-state index is 12.1. The number of aromatic nitrogens is 4. The summed E-state index contributed by atoms with van der Waals surface area (Å²) in [4.78, 5) is 17.3. The molecule has 0 spiro atoms. The third-order valence-electron chi connectivity index (χ3n) is 3.43. The zero-order chi connectivity index (χ0) is 16.4. The highest BCUT2D eigenvalue weighted by Gasteiger charge is 2.11. The first-order valence-electron chi connectivity index (χ1n) is 7.30. The molecule has 0 aliphatic carbocycles. The zero-order valence-corrected chi connectivity index (χ0v) is 13.3. The first kappa shape index (κ1) is 14.5. The van der Waals surface area contributed by atoms with E-state index in [9.17, 15) is 4.79 Å². The van der Waals surface area contributed by atoms with Gasteiger partial charge in [-0.15, -0.1) is 11.3 Å². The van der Waals surface area contributed by atoms with Gasteiger partial charge >= 0.3 is 0 Å². The third-order valence-corrected chi connectivity index (χ3v) is 4.30. The van der Waals surface area contributed by atoms with Crippen LogP contribution in [0.25, 0.3) is 22.0 Å². The van der Waals surface area contributed by atoms with Crippen LogP contribution >= 0.6 is 11.3 Å². The number of nitrogens with zero attached hydrogens (tertiary/aromatic N) is 4. The first-order chi connectivity index (χ1) is 11.8. The molecule has 7 heteroatoms. The van der Waals surface area contributed by atoms with Crippen LogP contribution in [0.5, 0.6) is 0 Å². The molecule has 0 amide bonds. The van der Waals surface area contributed by atoms with E-state index in [-0.39, 0.29) is 12.1 Å². The average Bonchev–Trinajstić information content (AvgIpc) is 3.29. The van der Waals surface area contributed by atoms with Crippen molar-refractivity contribution in [2.45, 2.75) is 6.54 Å². The Labute approximate surface area is 141 Å². The summed E-state index contributed by atoms with van der Waals surface area (Å²) in [5.41, 5.74) is 1.44. The summed E-state index contributed by atoms with van der Waals surface area (Å²) in [6, 6.07) is 16.7. The minimum absolute atomic E-state index is 0.137. The second kappa shape index (κ2) is 6.21. The van der Waals surface area contributed by atoms with Crippen molar-refractivity contribution >= 4 is 11.3 Å². The number of benzene rings is 1. The molecule has 0 N–H and O–H groups in total. The summed E-state index contributed by atoms with van der Waals surface area (Å²) < 4.78 is 6.57. The van der Waals surface area contributed by atoms with Crippen molar-refractivity contribution < 1.29 is 4.52 Å². The molecule has 0 aliphatic heterocycles. The molecule has 118 valence electrons. The third kappa shape index (κ3) is 2.89. The lowest BCUT2D eigenvalue weighted by molar-refractivity contribution is 0.363. The maximum Gasteiger partial charge on any atom is 0.267 e. The molecule has 6 nitrogen and oxygen atoms in total. The SMILES string of the molecule is O=c1ccc(-c2ccccc2)nn1Cc1nc(-c2cccs2)no1. The molecule has 3 heterocycles. The fourth-order valence-electron chi connectivity index (χ4n) is 2.28. The number of hydrogen-bond acceptors (Lipinski definition) is 6. The summed E-state index contributed by atoms with van der Waals surface area (Å²) in [7, 11) is 0. The number of rotatable bonds is 4. The van der Waals surface area contributed by atoms with Gasteiger partial charge in [0.2, 0.25) is 11.7 Å². The van der Waals surface area contributed by atoms with Crippen LogP contribution in [0.3, 0.4) is 0 Å². The van der Waals surface area contributed by atoms with Gasteiger partial charge in [-0.1, -0.05) is 41.6 Å². The highest BCUT2D eigenvalue weighted by Crippen LogP contribution is 2.21. The molecule has 24 heavy (non-hydrogen) atoms. The molecule has 4 rings (SSSR count). The molecule has 0 saturated heterocycles. The molecule has 0 radical (unpaired) electrons. The lowest BCUT2D eigenvalue weighted by atomic mass is 10.1. The highest BCUT2D eigenvalue weighted by atomic mass is 32.1. The van der Waals surface area contributed by atoms with E-state index in [1.165, 1.54) is 22.1 Å². The van der Waals surface area contributed by atoms with E-state index in [1.807, 2.05) is 47.8 Å². The van der Waals surface area contributed by atoms with Crippen molar-refractivity contribution in [1.82, 2.24) is 19.9 Å². The Bertz CT molecular complexity index is 1010. The standard InChI is InChI=1S/C17H12N4O2S/c22-16-9-8-13(12-5-2-1-3-6-12)19-21(16)11-15-18-17(20-23-15)14-7-4-10-24-14/h1-10H,11H2. The second-order valence-electron chi connectivity index (χ2n) is 5.07. The van der Waals surface area contributed by atoms with Crippen molar-refractivity contribution in [2.24, 2.45) is 0 Å². The molecule has 0 aliphatic rings. The Balaban J connectivity index is 1.64. The minimum atomic E-state index is -0.217. The average molecular weight is 336 g/mol. The van der Waals surface area contributed by atoms with E-state index in [1.54, 1.807) is 6.07 Å². The van der Waals surface area contributed by atoms with Crippen molar-refractivity contribution in [3.05, 3.63) is 76.2 Å². The van der Waals surface area contributed by atoms with E-state index in [0.29, 0.717) is 17.4 Å². The second-order valence-corrected chi connectivity index (χ2v) is 6.02. The Morgan fingerprint density at radius 3 is 2.71 bits per heavy atom. The van der Waals surface area contributed by atoms with E-state index in [0.717, 1.165) is 10.4 Å². The van der Waals surface area contributed by atoms with Gasteiger partial charge in [0.25, 0.3) is 5.56 Å². The minimum Gasteiger partial charge on any atom is -0.337 e. The molecule has 1 aromatic carbocycles. The summed E-state index contributed by atoms with van der Waals surface area (Å²) in [5.74, 6) is 0.866. The maximum atomic E-state index is 12.1. The quantitative estimate of drug-likeness (QED) is 0.572. The molecular formula is C17H12N4O2S. The van der Waals surface area contributed by atoms with Gasteiger partial charge in [0.05, 0.1) is 10.6 Å². The molecule has 0 saturated carbocycles. The predicted octanol–water partition coefficient (Wildman–Crippen LogP) is 3.07. The Morgan fingerprint density at radius 2 is 1.92 bits per heavy atom. The van der Waals surface area contributed by atoms with Crippen molar-refractivity contribution in [3.8, 4) is 22.0 Å². The fourth-order valence-corrected chi connectivity index (χ4v) is 2.93. The molecule has 0 bridgehead atoms. The largest absolute Gasteiger partial charge is 0.337 e. The van der Waals surface area contributed by atoms with Crippen molar-refractivity contribution in [3.63, 3.8) is 0 Å². The number of thiophene rings is 1. The van der Waals surface area contributed by atoms with Crippen LogP contribution in [0.1, 0.15) is 5.89 Å². The van der Waals surface area contributed by atoms with Crippen molar-refractivity contribution in [1.29, 1.82) is 0 Å². The Morgan fingerprint density at radius 1 is 1.04 bits per heavy atom. The topological polar surface area (TPSA) is 73.8 Å². The molecular weight excluding hydrogens is 324 g/mol. The lowest BCUT2D eigenvalue weighted by Gasteiger charge is -2.04. The van der Waals surface area contributed by atoms with Gasteiger partial charge in [-0.3, -0.25) is 4.79 Å². The Hall–Kier alpha value is -3.06. The molecule has 0 atom stereocenters. The van der Waals surface area contributed by atoms with E-state index in [4.69, 9.17) is 4.52 Å². The molecule has 0 fully saturated rings. The van der Waals surface area contributed by atoms with Gasteiger partial charge in [-0.05, 0) is 17.5 Å². The van der Waals surface area contributed by atoms with Crippen LogP contribution in [0.4, 0.5) is 0 Å². The zero-order valence-electron chi connectivity index (χ0n) is 12.5. The van der Waals surface area contributed by atoms with Crippen molar-refractivity contribution in [2.75, 3.05) is 0 Å². The monoisotopic (exact) mass is 336 g/mol. The Kier molecular flexibility index (Phi) is 3.76. The summed E-state index contributed by atoms with van der Waals surface area (Å²) in [6.45, 7) is 0.137. The fraction of sp³-hybridized carbons (Fsp3) is 0.0588. The van der Waals surface area contributed by atoms with Gasteiger partial charge < -0.3 is 4.52 Å². The van der Waals surface area contributed by atoms with Crippen LogP contribution in [-0.2, 0) is 6.54 Å². The lowest BCUT2D eigenvalue weighted by Crippen LogP contribution is -2.23. The van der Waals surface area contributed by atoms with E-state index in [2.05, 4.69) is 15.2 Å². The van der Waals surface area contributed by atoms with Gasteiger partial charge in [-0.25, -0.2) is 4.68 Å². The van der Waals surface area contributed by atoms with Gasteiger partial charge in [0.1, 0.15) is 6.54 Å². The molecule has 0 unspecified atom stereocenters. The first-order valence-corrected chi connectivity index (χ1v) is 8.17. The van der Waals surface area contributed by atoms with Crippen LogP contribution in [-0.4, -0.2) is 19.9 Å². The molecule has 4 aromatic rings. The van der Waals surface area contributed by atoms with Crippen LogP contribution in [0.15, 0.2) is 69.3 Å². The van der Waals surface area contributed by atoms with Gasteiger partial charge in [-0.2, -0.15) is 10.1 Å². The highest BCUT2D eigenvalue weighted by molar-refractivity contribution is 7.13. The predicted molar refractivity (Wildman–Crippen MR) is 90.6 cm³/mol. The normalized spacial score (nSPS) is 10.8. The van der Waals surface area contributed by atoms with Crippen LogP contribution < -0.4 is 5.56 Å². The van der Waals surface area contributed by atoms with E-state index >= 15 is 0 Å². The van der Waals surface area contributed by atoms with Gasteiger partial charge in [0.15, 0.2) is 0 Å².